The van der Waals surface area contributed by atoms with Crippen LogP contribution in [0.5, 0.6) is 0 Å². The molecule has 2 aromatic carbocycles. The topological polar surface area (TPSA) is 79.2 Å². The van der Waals surface area contributed by atoms with Crippen molar-refractivity contribution in [1.82, 2.24) is 5.32 Å². The number of non-ortho nitro benzene ring substituents is 1. The van der Waals surface area contributed by atoms with E-state index < -0.39 is 4.92 Å². The average Bonchev–Trinajstić information content (AvgIpc) is 2.51. The molecule has 0 amide bonds. The molecule has 0 aliphatic carbocycles. The zero-order chi connectivity index (χ0) is 17.5. The quantitative estimate of drug-likeness (QED) is 0.321. The lowest BCUT2D eigenvalue weighted by atomic mass is 10.1. The van der Waals surface area contributed by atoms with Gasteiger partial charge in [-0.05, 0) is 61.5 Å². The Balaban J connectivity index is 1.73. The predicted octanol–water partition coefficient (Wildman–Crippen LogP) is 3.61. The van der Waals surface area contributed by atoms with Gasteiger partial charge in [0.05, 0.1) is 4.92 Å². The van der Waals surface area contributed by atoms with Crippen molar-refractivity contribution < 1.29 is 4.92 Å². The van der Waals surface area contributed by atoms with E-state index in [-0.39, 0.29) is 5.69 Å². The smallest absolute Gasteiger partial charge is 0.269 e. The third-order valence-corrected chi connectivity index (χ3v) is 3.54. The molecule has 0 spiro atoms. The summed E-state index contributed by atoms with van der Waals surface area (Å²) in [5.74, 6) is 0. The van der Waals surface area contributed by atoms with Crippen LogP contribution in [0.1, 0.15) is 11.1 Å². The minimum absolute atomic E-state index is 0.0810. The van der Waals surface area contributed by atoms with E-state index in [1.165, 1.54) is 23.3 Å². The van der Waals surface area contributed by atoms with E-state index in [0.29, 0.717) is 18.2 Å². The first-order valence-corrected chi connectivity index (χ1v) is 7.96. The van der Waals surface area contributed by atoms with Crippen molar-refractivity contribution >= 4 is 34.4 Å². The number of hydrogen-bond donors (Lipinski definition) is 3. The highest BCUT2D eigenvalue weighted by Gasteiger charge is 2.03. The van der Waals surface area contributed by atoms with Gasteiger partial charge in [0.2, 0.25) is 0 Å². The number of benzene rings is 2. The van der Waals surface area contributed by atoms with E-state index in [1.54, 1.807) is 12.1 Å². The van der Waals surface area contributed by atoms with Gasteiger partial charge in [-0.1, -0.05) is 6.07 Å². The van der Waals surface area contributed by atoms with Gasteiger partial charge >= 0.3 is 0 Å². The van der Waals surface area contributed by atoms with Crippen molar-refractivity contribution in [3.63, 3.8) is 0 Å². The number of rotatable bonds is 6. The number of hydrogen-bond acceptors (Lipinski definition) is 4. The Morgan fingerprint density at radius 1 is 1.04 bits per heavy atom. The molecule has 0 aliphatic rings. The largest absolute Gasteiger partial charge is 0.383 e. The molecular formula is C17H20N4O2S. The summed E-state index contributed by atoms with van der Waals surface area (Å²) >= 11 is 5.27. The fraction of sp³-hybridized carbons (Fsp3) is 0.235. The maximum absolute atomic E-state index is 10.6. The monoisotopic (exact) mass is 344 g/mol. The van der Waals surface area contributed by atoms with Gasteiger partial charge in [-0.15, -0.1) is 0 Å². The summed E-state index contributed by atoms with van der Waals surface area (Å²) in [6.07, 6.45) is 0. The highest BCUT2D eigenvalue weighted by atomic mass is 32.1. The van der Waals surface area contributed by atoms with Gasteiger partial charge in [0.1, 0.15) is 0 Å². The van der Waals surface area contributed by atoms with Gasteiger partial charge < -0.3 is 16.0 Å². The Bertz CT molecular complexity index is 712. The molecule has 0 saturated carbocycles. The molecule has 2 aromatic rings. The maximum Gasteiger partial charge on any atom is 0.269 e. The van der Waals surface area contributed by atoms with Gasteiger partial charge in [-0.25, -0.2) is 0 Å². The third-order valence-electron chi connectivity index (χ3n) is 3.30. The first-order chi connectivity index (χ1) is 11.4. The number of nitro groups is 1. The zero-order valence-electron chi connectivity index (χ0n) is 13.6. The van der Waals surface area contributed by atoms with Crippen LogP contribution < -0.4 is 16.0 Å². The van der Waals surface area contributed by atoms with Crippen LogP contribution in [0.2, 0.25) is 0 Å². The molecule has 0 aromatic heterocycles. The molecular weight excluding hydrogens is 324 g/mol. The second kappa shape index (κ2) is 8.26. The fourth-order valence-electron chi connectivity index (χ4n) is 2.31. The number of nitro benzene ring substituents is 1. The molecule has 126 valence electrons. The van der Waals surface area contributed by atoms with Crippen LogP contribution >= 0.6 is 12.2 Å². The van der Waals surface area contributed by atoms with Crippen LogP contribution in [0.4, 0.5) is 17.1 Å². The summed E-state index contributed by atoms with van der Waals surface area (Å²) < 4.78 is 0. The maximum atomic E-state index is 10.6. The van der Waals surface area contributed by atoms with Crippen LogP contribution in [0.15, 0.2) is 42.5 Å². The van der Waals surface area contributed by atoms with Crippen LogP contribution in [0, 0.1) is 24.0 Å². The molecule has 0 saturated heterocycles. The highest BCUT2D eigenvalue weighted by molar-refractivity contribution is 7.80. The average molecular weight is 344 g/mol. The van der Waals surface area contributed by atoms with Crippen molar-refractivity contribution in [2.45, 2.75) is 13.8 Å². The summed E-state index contributed by atoms with van der Waals surface area (Å²) in [4.78, 5) is 10.2. The molecule has 0 unspecified atom stereocenters. The van der Waals surface area contributed by atoms with Gasteiger partial charge in [0.25, 0.3) is 5.69 Å². The van der Waals surface area contributed by atoms with Gasteiger partial charge in [0.15, 0.2) is 5.11 Å². The standard InChI is InChI=1S/C17H20N4O2S/c1-12-9-13(2)11-15(10-12)20-17(24)19-8-7-18-14-3-5-16(6-4-14)21(22)23/h3-6,9-11,18H,7-8H2,1-2H3,(H2,19,20,24). The minimum Gasteiger partial charge on any atom is -0.383 e. The lowest BCUT2D eigenvalue weighted by Gasteiger charge is -2.12. The van der Waals surface area contributed by atoms with Crippen LogP contribution in [-0.2, 0) is 0 Å². The normalized spacial score (nSPS) is 10.1. The molecule has 0 bridgehead atoms. The van der Waals surface area contributed by atoms with Gasteiger partial charge in [-0.2, -0.15) is 0 Å². The number of nitrogens with zero attached hydrogens (tertiary/aromatic N) is 1. The molecule has 0 atom stereocenters. The van der Waals surface area contributed by atoms with Gasteiger partial charge in [-0.3, -0.25) is 10.1 Å². The Kier molecular flexibility index (Phi) is 6.08. The number of aryl methyl sites for hydroxylation is 2. The van der Waals surface area contributed by atoms with Crippen molar-refractivity contribution in [1.29, 1.82) is 0 Å². The van der Waals surface area contributed by atoms with Crippen LogP contribution in [0.25, 0.3) is 0 Å². The van der Waals surface area contributed by atoms with E-state index in [2.05, 4.69) is 22.0 Å². The second-order valence-corrected chi connectivity index (χ2v) is 5.90. The molecule has 0 fully saturated rings. The van der Waals surface area contributed by atoms with Crippen molar-refractivity contribution in [2.75, 3.05) is 23.7 Å². The summed E-state index contributed by atoms with van der Waals surface area (Å²) in [5, 5.41) is 20.6. The molecule has 24 heavy (non-hydrogen) atoms. The Morgan fingerprint density at radius 3 is 2.25 bits per heavy atom. The van der Waals surface area contributed by atoms with Crippen molar-refractivity contribution in [2.24, 2.45) is 0 Å². The highest BCUT2D eigenvalue weighted by Crippen LogP contribution is 2.15. The van der Waals surface area contributed by atoms with E-state index >= 15 is 0 Å². The van der Waals surface area contributed by atoms with E-state index in [4.69, 9.17) is 12.2 Å². The molecule has 0 aliphatic heterocycles. The zero-order valence-corrected chi connectivity index (χ0v) is 14.4. The Morgan fingerprint density at radius 2 is 1.67 bits per heavy atom. The fourth-order valence-corrected chi connectivity index (χ4v) is 2.53. The lowest BCUT2D eigenvalue weighted by Crippen LogP contribution is -2.32. The van der Waals surface area contributed by atoms with Gasteiger partial charge in [0, 0.05) is 36.6 Å². The second-order valence-electron chi connectivity index (χ2n) is 5.49. The van der Waals surface area contributed by atoms with Crippen LogP contribution in [0.3, 0.4) is 0 Å². The Hall–Kier alpha value is -2.67. The first-order valence-electron chi connectivity index (χ1n) is 7.55. The molecule has 2 rings (SSSR count). The summed E-state index contributed by atoms with van der Waals surface area (Å²) in [7, 11) is 0. The van der Waals surface area contributed by atoms with Crippen molar-refractivity contribution in [3.8, 4) is 0 Å². The lowest BCUT2D eigenvalue weighted by molar-refractivity contribution is -0.384. The number of nitrogens with one attached hydrogen (secondary N) is 3. The van der Waals surface area contributed by atoms with E-state index in [9.17, 15) is 10.1 Å². The minimum atomic E-state index is -0.414. The number of anilines is 2. The van der Waals surface area contributed by atoms with Crippen LogP contribution in [-0.4, -0.2) is 23.1 Å². The SMILES string of the molecule is Cc1cc(C)cc(NC(=S)NCCNc2ccc([N+](=O)[O-])cc2)c1. The molecule has 7 heteroatoms. The summed E-state index contributed by atoms with van der Waals surface area (Å²) in [6, 6.07) is 12.5. The van der Waals surface area contributed by atoms with E-state index in [0.717, 1.165) is 11.4 Å². The molecule has 0 radical (unpaired) electrons. The molecule has 3 N–H and O–H groups in total. The van der Waals surface area contributed by atoms with Crippen molar-refractivity contribution in [3.05, 3.63) is 63.7 Å². The number of thiocarbonyl (C=S) groups is 1. The molecule has 0 heterocycles. The Labute approximate surface area is 146 Å². The predicted molar refractivity (Wildman–Crippen MR) is 102 cm³/mol. The molecule has 6 nitrogen and oxygen atoms in total. The summed E-state index contributed by atoms with van der Waals surface area (Å²) in [5.41, 5.74) is 4.24. The summed E-state index contributed by atoms with van der Waals surface area (Å²) in [6.45, 7) is 5.37. The first kappa shape index (κ1) is 17.7. The third kappa shape index (κ3) is 5.51. The van der Waals surface area contributed by atoms with E-state index in [1.807, 2.05) is 26.0 Å².